The number of hydrogen-bond acceptors (Lipinski definition) is 4. The number of hydrogen-bond donors (Lipinski definition) is 1. The van der Waals surface area contributed by atoms with Crippen LogP contribution in [-0.4, -0.2) is 28.0 Å². The van der Waals surface area contributed by atoms with Crippen LogP contribution in [0.25, 0.3) is 0 Å². The molecule has 4 rings (SSSR count). The molecule has 0 atom stereocenters. The Morgan fingerprint density at radius 1 is 1.12 bits per heavy atom. The molecule has 0 aliphatic carbocycles. The molecule has 0 spiro atoms. The van der Waals surface area contributed by atoms with Crippen molar-refractivity contribution < 1.29 is 22.3 Å². The average molecular weight is 475 g/mol. The summed E-state index contributed by atoms with van der Waals surface area (Å²) >= 11 is 6.06. The van der Waals surface area contributed by atoms with E-state index in [9.17, 15) is 17.6 Å². The Bertz CT molecular complexity index is 1300. The van der Waals surface area contributed by atoms with E-state index in [1.807, 2.05) is 0 Å². The number of amides is 1. The average Bonchev–Trinajstić information content (AvgIpc) is 2.78. The van der Waals surface area contributed by atoms with Gasteiger partial charge in [0.2, 0.25) is 0 Å². The maximum Gasteiger partial charge on any atom is 0.268 e. The van der Waals surface area contributed by atoms with Gasteiger partial charge in [-0.1, -0.05) is 23.7 Å². The molecule has 0 fully saturated rings. The third kappa shape index (κ3) is 4.28. The number of benzene rings is 3. The van der Waals surface area contributed by atoms with Crippen LogP contribution in [0.2, 0.25) is 5.02 Å². The van der Waals surface area contributed by atoms with Gasteiger partial charge in [0.05, 0.1) is 12.8 Å². The number of methoxy groups -OCH3 is 1. The summed E-state index contributed by atoms with van der Waals surface area (Å²) < 4.78 is 47.0. The van der Waals surface area contributed by atoms with Gasteiger partial charge in [-0.15, -0.1) is 0 Å². The smallest absolute Gasteiger partial charge is 0.268 e. The van der Waals surface area contributed by atoms with Gasteiger partial charge >= 0.3 is 0 Å². The fourth-order valence-electron chi connectivity index (χ4n) is 3.67. The van der Waals surface area contributed by atoms with Crippen molar-refractivity contribution in [2.24, 2.45) is 0 Å². The first-order chi connectivity index (χ1) is 15.3. The third-order valence-corrected chi connectivity index (χ3v) is 7.27. The molecule has 1 amide bonds. The third-order valence-electron chi connectivity index (χ3n) is 5.20. The van der Waals surface area contributed by atoms with Crippen LogP contribution < -0.4 is 14.4 Å². The molecule has 0 unspecified atom stereocenters. The second-order valence-electron chi connectivity index (χ2n) is 7.28. The molecule has 166 valence electrons. The summed E-state index contributed by atoms with van der Waals surface area (Å²) in [5, 5.41) is 2.90. The highest BCUT2D eigenvalue weighted by Crippen LogP contribution is 2.36. The van der Waals surface area contributed by atoms with Gasteiger partial charge in [-0.2, -0.15) is 0 Å². The standard InChI is InChI=1S/C23H20ClFN2O4S/c1-31-21-10-9-17(24)13-22(21)32(29,30)27-11-3-4-15-7-8-16(12-20(15)27)23(28)26-19-6-2-5-18(25)14-19/h2,5-10,12-14H,3-4,11H2,1H3,(H,26,28). The lowest BCUT2D eigenvalue weighted by Gasteiger charge is -2.31. The summed E-state index contributed by atoms with van der Waals surface area (Å²) in [5.41, 5.74) is 1.79. The largest absolute Gasteiger partial charge is 0.495 e. The number of aryl methyl sites for hydroxylation is 1. The highest BCUT2D eigenvalue weighted by Gasteiger charge is 2.32. The first-order valence-electron chi connectivity index (χ1n) is 9.86. The molecule has 0 bridgehead atoms. The lowest BCUT2D eigenvalue weighted by Crippen LogP contribution is -2.36. The molecule has 0 saturated carbocycles. The Morgan fingerprint density at radius 2 is 1.94 bits per heavy atom. The maximum atomic E-state index is 13.5. The lowest BCUT2D eigenvalue weighted by atomic mass is 10.0. The number of sulfonamides is 1. The molecule has 32 heavy (non-hydrogen) atoms. The lowest BCUT2D eigenvalue weighted by molar-refractivity contribution is 0.102. The first kappa shape index (κ1) is 22.1. The Kier molecular flexibility index (Phi) is 6.08. The van der Waals surface area contributed by atoms with Gasteiger partial charge < -0.3 is 10.1 Å². The first-order valence-corrected chi connectivity index (χ1v) is 11.7. The van der Waals surface area contributed by atoms with Gasteiger partial charge in [-0.3, -0.25) is 9.10 Å². The molecular weight excluding hydrogens is 455 g/mol. The molecule has 1 aliphatic rings. The predicted molar refractivity (Wildman–Crippen MR) is 122 cm³/mol. The zero-order chi connectivity index (χ0) is 22.9. The van der Waals surface area contributed by atoms with Gasteiger partial charge in [-0.05, 0) is 66.9 Å². The van der Waals surface area contributed by atoms with Gasteiger partial charge in [0.15, 0.2) is 0 Å². The van der Waals surface area contributed by atoms with Crippen LogP contribution in [-0.2, 0) is 16.4 Å². The zero-order valence-corrected chi connectivity index (χ0v) is 18.7. The van der Waals surface area contributed by atoms with Crippen LogP contribution in [0.3, 0.4) is 0 Å². The van der Waals surface area contributed by atoms with Crippen LogP contribution in [0.4, 0.5) is 15.8 Å². The highest BCUT2D eigenvalue weighted by atomic mass is 35.5. The number of rotatable bonds is 5. The molecule has 3 aromatic carbocycles. The predicted octanol–water partition coefficient (Wildman–Crippen LogP) is 4.88. The minimum Gasteiger partial charge on any atom is -0.495 e. The fraction of sp³-hybridized carbons (Fsp3) is 0.174. The Hall–Kier alpha value is -3.10. The summed E-state index contributed by atoms with van der Waals surface area (Å²) in [5.74, 6) is -0.760. The summed E-state index contributed by atoms with van der Waals surface area (Å²) in [4.78, 5) is 12.7. The number of carbonyl (C=O) groups is 1. The van der Waals surface area contributed by atoms with Crippen LogP contribution in [0.5, 0.6) is 5.75 Å². The van der Waals surface area contributed by atoms with E-state index in [-0.39, 0.29) is 27.8 Å². The van der Waals surface area contributed by atoms with Crippen LogP contribution in [0.1, 0.15) is 22.3 Å². The molecule has 6 nitrogen and oxygen atoms in total. The molecule has 1 heterocycles. The van der Waals surface area contributed by atoms with Crippen molar-refractivity contribution in [3.63, 3.8) is 0 Å². The van der Waals surface area contributed by atoms with Gasteiger partial charge in [-0.25, -0.2) is 12.8 Å². The van der Waals surface area contributed by atoms with Crippen LogP contribution >= 0.6 is 11.6 Å². The Balaban J connectivity index is 1.72. The maximum absolute atomic E-state index is 13.5. The number of nitrogens with zero attached hydrogens (tertiary/aromatic N) is 1. The van der Waals surface area contributed by atoms with E-state index >= 15 is 0 Å². The van der Waals surface area contributed by atoms with Crippen molar-refractivity contribution >= 4 is 38.9 Å². The van der Waals surface area contributed by atoms with Crippen molar-refractivity contribution in [3.05, 3.63) is 82.6 Å². The number of fused-ring (bicyclic) bond motifs is 1. The number of halogens is 2. The van der Waals surface area contributed by atoms with Crippen molar-refractivity contribution in [2.45, 2.75) is 17.7 Å². The fourth-order valence-corrected chi connectivity index (χ4v) is 5.63. The monoisotopic (exact) mass is 474 g/mol. The second-order valence-corrected chi connectivity index (χ2v) is 9.55. The molecular formula is C23H20ClFN2O4S. The quantitative estimate of drug-likeness (QED) is 0.571. The summed E-state index contributed by atoms with van der Waals surface area (Å²) in [6.45, 7) is 0.250. The zero-order valence-electron chi connectivity index (χ0n) is 17.1. The van der Waals surface area contributed by atoms with E-state index in [0.717, 1.165) is 5.56 Å². The van der Waals surface area contributed by atoms with Crippen molar-refractivity contribution in [1.82, 2.24) is 0 Å². The second kappa shape index (κ2) is 8.80. The highest BCUT2D eigenvalue weighted by molar-refractivity contribution is 7.93. The van der Waals surface area contributed by atoms with E-state index in [2.05, 4.69) is 5.32 Å². The van der Waals surface area contributed by atoms with Crippen molar-refractivity contribution in [1.29, 1.82) is 0 Å². The summed E-state index contributed by atoms with van der Waals surface area (Å²) in [6, 6.07) is 14.9. The van der Waals surface area contributed by atoms with Crippen LogP contribution in [0.15, 0.2) is 65.6 Å². The normalized spacial score (nSPS) is 13.4. The van der Waals surface area contributed by atoms with Crippen molar-refractivity contribution in [3.8, 4) is 5.75 Å². The van der Waals surface area contributed by atoms with Gasteiger partial charge in [0, 0.05) is 22.8 Å². The van der Waals surface area contributed by atoms with Gasteiger partial charge in [0.1, 0.15) is 16.5 Å². The van der Waals surface area contributed by atoms with Crippen LogP contribution in [0, 0.1) is 5.82 Å². The van der Waals surface area contributed by atoms with E-state index in [1.165, 1.54) is 47.8 Å². The molecule has 3 aromatic rings. The Labute approximate surface area is 190 Å². The number of carbonyl (C=O) groups excluding carboxylic acids is 1. The SMILES string of the molecule is COc1ccc(Cl)cc1S(=O)(=O)N1CCCc2ccc(C(=O)Nc3cccc(F)c3)cc21. The van der Waals surface area contributed by atoms with E-state index in [0.29, 0.717) is 24.2 Å². The summed E-state index contributed by atoms with van der Waals surface area (Å²) in [7, 11) is -2.61. The van der Waals surface area contributed by atoms with Crippen molar-refractivity contribution in [2.75, 3.05) is 23.3 Å². The molecule has 1 aliphatic heterocycles. The molecule has 0 radical (unpaired) electrons. The molecule has 0 aromatic heterocycles. The molecule has 9 heteroatoms. The number of ether oxygens (including phenoxy) is 1. The number of anilines is 2. The van der Waals surface area contributed by atoms with E-state index < -0.39 is 21.7 Å². The van der Waals surface area contributed by atoms with E-state index in [4.69, 9.17) is 16.3 Å². The van der Waals surface area contributed by atoms with E-state index in [1.54, 1.807) is 24.3 Å². The van der Waals surface area contributed by atoms with Gasteiger partial charge in [0.25, 0.3) is 15.9 Å². The molecule has 0 saturated heterocycles. The molecule has 1 N–H and O–H groups in total. The number of nitrogens with one attached hydrogen (secondary N) is 1. The summed E-state index contributed by atoms with van der Waals surface area (Å²) in [6.07, 6.45) is 1.31. The minimum absolute atomic E-state index is 0.0463. The minimum atomic E-state index is -4.01. The topological polar surface area (TPSA) is 75.7 Å². The Morgan fingerprint density at radius 3 is 2.69 bits per heavy atom.